The van der Waals surface area contributed by atoms with Crippen molar-refractivity contribution < 1.29 is 14.4 Å². The molecule has 1 unspecified atom stereocenters. The van der Waals surface area contributed by atoms with Gasteiger partial charge in [0, 0.05) is 17.9 Å². The number of rotatable bonds is 9. The lowest BCUT2D eigenvalue weighted by atomic mass is 10.1. The normalized spacial score (nSPS) is 16.1. The Labute approximate surface area is 186 Å². The molecule has 164 valence electrons. The summed E-state index contributed by atoms with van der Waals surface area (Å²) in [6.07, 6.45) is 1.70. The van der Waals surface area contributed by atoms with Crippen molar-refractivity contribution in [1.29, 1.82) is 0 Å². The van der Waals surface area contributed by atoms with Crippen molar-refractivity contribution in [3.05, 3.63) is 59.7 Å². The Morgan fingerprint density at radius 1 is 1.03 bits per heavy atom. The highest BCUT2D eigenvalue weighted by Gasteiger charge is 2.29. The van der Waals surface area contributed by atoms with E-state index in [0.29, 0.717) is 12.2 Å². The zero-order valence-corrected chi connectivity index (χ0v) is 18.4. The van der Waals surface area contributed by atoms with Gasteiger partial charge in [0.05, 0.1) is 17.5 Å². The van der Waals surface area contributed by atoms with Crippen LogP contribution in [0.3, 0.4) is 0 Å². The number of carbonyl (C=O) groups excluding carboxylic acids is 3. The second-order valence-electron chi connectivity index (χ2n) is 7.64. The summed E-state index contributed by atoms with van der Waals surface area (Å²) in [5, 5.41) is 5.74. The van der Waals surface area contributed by atoms with Crippen molar-refractivity contribution in [3.8, 4) is 0 Å². The van der Waals surface area contributed by atoms with E-state index >= 15 is 0 Å². The third-order valence-corrected chi connectivity index (χ3v) is 6.09. The molecule has 4 N–H and O–H groups in total. The maximum absolute atomic E-state index is 12.4. The molecule has 0 aromatic heterocycles. The Morgan fingerprint density at radius 3 is 2.42 bits per heavy atom. The van der Waals surface area contributed by atoms with Gasteiger partial charge in [-0.3, -0.25) is 19.3 Å². The molecule has 0 bridgehead atoms. The minimum atomic E-state index is -0.306. The van der Waals surface area contributed by atoms with Gasteiger partial charge in [-0.15, -0.1) is 11.8 Å². The summed E-state index contributed by atoms with van der Waals surface area (Å²) in [6, 6.07) is 14.9. The zero-order valence-electron chi connectivity index (χ0n) is 17.6. The summed E-state index contributed by atoms with van der Waals surface area (Å²) in [6.45, 7) is 3.34. The molecule has 31 heavy (non-hydrogen) atoms. The molecule has 7 nitrogen and oxygen atoms in total. The van der Waals surface area contributed by atoms with E-state index in [1.54, 1.807) is 0 Å². The number of likely N-dealkylation sites (tertiary alicyclic amines) is 1. The fourth-order valence-corrected chi connectivity index (χ4v) is 4.21. The molecule has 2 aromatic rings. The van der Waals surface area contributed by atoms with Crippen molar-refractivity contribution in [2.75, 3.05) is 28.7 Å². The molecule has 1 heterocycles. The van der Waals surface area contributed by atoms with Gasteiger partial charge in [0.1, 0.15) is 0 Å². The van der Waals surface area contributed by atoms with Crippen molar-refractivity contribution in [1.82, 2.24) is 4.90 Å². The van der Waals surface area contributed by atoms with Gasteiger partial charge in [0.15, 0.2) is 0 Å². The number of aryl methyl sites for hydroxylation is 1. The fourth-order valence-electron chi connectivity index (χ4n) is 3.59. The predicted molar refractivity (Wildman–Crippen MR) is 125 cm³/mol. The number of nitrogens with zero attached hydrogens (tertiary/aromatic N) is 1. The number of nitrogens with one attached hydrogen (secondary N) is 2. The van der Waals surface area contributed by atoms with Crippen LogP contribution in [-0.2, 0) is 20.9 Å². The van der Waals surface area contributed by atoms with E-state index in [4.69, 9.17) is 5.73 Å². The van der Waals surface area contributed by atoms with E-state index in [-0.39, 0.29) is 35.3 Å². The van der Waals surface area contributed by atoms with Crippen molar-refractivity contribution in [2.45, 2.75) is 32.4 Å². The van der Waals surface area contributed by atoms with Crippen molar-refractivity contribution >= 4 is 40.9 Å². The molecule has 1 fully saturated rings. The smallest absolute Gasteiger partial charge is 0.234 e. The fraction of sp³-hybridized carbons (Fsp3) is 0.348. The van der Waals surface area contributed by atoms with Gasteiger partial charge in [-0.1, -0.05) is 35.9 Å². The largest absolute Gasteiger partial charge is 0.368 e. The molecule has 0 spiro atoms. The quantitative estimate of drug-likeness (QED) is 0.556. The summed E-state index contributed by atoms with van der Waals surface area (Å²) < 4.78 is 0. The topological polar surface area (TPSA) is 105 Å². The van der Waals surface area contributed by atoms with Crippen LogP contribution in [0.1, 0.15) is 24.0 Å². The van der Waals surface area contributed by atoms with Crippen LogP contribution in [0.2, 0.25) is 0 Å². The van der Waals surface area contributed by atoms with E-state index in [1.807, 2.05) is 55.5 Å². The van der Waals surface area contributed by atoms with Gasteiger partial charge in [-0.2, -0.15) is 0 Å². The number of nitrogens with two attached hydrogens (primary N) is 1. The number of primary amides is 1. The lowest BCUT2D eigenvalue weighted by Crippen LogP contribution is -2.39. The van der Waals surface area contributed by atoms with Gasteiger partial charge in [0.25, 0.3) is 0 Å². The van der Waals surface area contributed by atoms with E-state index in [2.05, 4.69) is 15.5 Å². The van der Waals surface area contributed by atoms with Gasteiger partial charge in [-0.25, -0.2) is 0 Å². The molecule has 1 aliphatic rings. The average Bonchev–Trinajstić information content (AvgIpc) is 3.20. The molecule has 0 aliphatic carbocycles. The summed E-state index contributed by atoms with van der Waals surface area (Å²) in [5.41, 5.74) is 9.03. The summed E-state index contributed by atoms with van der Waals surface area (Å²) in [7, 11) is 0. The molecular weight excluding hydrogens is 412 g/mol. The van der Waals surface area contributed by atoms with E-state index in [1.165, 1.54) is 11.8 Å². The first-order valence-corrected chi connectivity index (χ1v) is 11.4. The minimum absolute atomic E-state index is 0.145. The summed E-state index contributed by atoms with van der Waals surface area (Å²) >= 11 is 1.26. The minimum Gasteiger partial charge on any atom is -0.368 e. The van der Waals surface area contributed by atoms with Gasteiger partial charge < -0.3 is 16.4 Å². The third-order valence-electron chi connectivity index (χ3n) is 5.16. The number of hydrogen-bond acceptors (Lipinski definition) is 5. The Hall–Kier alpha value is -2.84. The van der Waals surface area contributed by atoms with Crippen LogP contribution < -0.4 is 16.4 Å². The lowest BCUT2D eigenvalue weighted by Gasteiger charge is -2.23. The molecule has 0 radical (unpaired) electrons. The average molecular weight is 441 g/mol. The molecule has 3 amide bonds. The number of amides is 3. The van der Waals surface area contributed by atoms with Gasteiger partial charge >= 0.3 is 0 Å². The Kier molecular flexibility index (Phi) is 8.08. The van der Waals surface area contributed by atoms with Crippen molar-refractivity contribution in [2.24, 2.45) is 5.73 Å². The van der Waals surface area contributed by atoms with Gasteiger partial charge in [0.2, 0.25) is 17.7 Å². The van der Waals surface area contributed by atoms with Crippen LogP contribution in [0, 0.1) is 6.92 Å². The monoisotopic (exact) mass is 440 g/mol. The highest BCUT2D eigenvalue weighted by atomic mass is 32.2. The molecular formula is C23H28N4O3S. The van der Waals surface area contributed by atoms with E-state index in [0.717, 1.165) is 36.2 Å². The van der Waals surface area contributed by atoms with Crippen LogP contribution in [0.15, 0.2) is 48.5 Å². The highest BCUT2D eigenvalue weighted by Crippen LogP contribution is 2.24. The number of anilines is 2. The number of para-hydroxylation sites is 1. The lowest BCUT2D eigenvalue weighted by molar-refractivity contribution is -0.122. The van der Waals surface area contributed by atoms with Crippen LogP contribution in [0.4, 0.5) is 11.4 Å². The molecule has 8 heteroatoms. The van der Waals surface area contributed by atoms with E-state index in [9.17, 15) is 14.4 Å². The molecule has 1 atom stereocenters. The molecule has 1 saturated heterocycles. The molecule has 0 saturated carbocycles. The standard InChI is InChI=1S/C23H28N4O3S/c1-16-8-10-18(11-9-16)25-21(28)14-31-15-22(29)26-19-6-3-2-5-17(19)13-27-12-4-7-20(27)23(24)30/h2-3,5-6,8-11,20H,4,7,12-15H2,1H3,(H2,24,30)(H,25,28)(H,26,29). The Bertz CT molecular complexity index is 933. The molecule has 2 aromatic carbocycles. The SMILES string of the molecule is Cc1ccc(NC(=O)CSCC(=O)Nc2ccccc2CN2CCCC2C(N)=O)cc1. The second-order valence-corrected chi connectivity index (χ2v) is 8.63. The predicted octanol–water partition coefficient (Wildman–Crippen LogP) is 2.76. The first-order valence-electron chi connectivity index (χ1n) is 10.3. The first-order chi connectivity index (χ1) is 14.9. The number of carbonyl (C=O) groups is 3. The van der Waals surface area contributed by atoms with Crippen molar-refractivity contribution in [3.63, 3.8) is 0 Å². The van der Waals surface area contributed by atoms with Gasteiger partial charge in [-0.05, 0) is 50.1 Å². The van der Waals surface area contributed by atoms with Crippen LogP contribution in [-0.4, -0.2) is 46.7 Å². The zero-order chi connectivity index (χ0) is 22.2. The Morgan fingerprint density at radius 2 is 1.71 bits per heavy atom. The summed E-state index contributed by atoms with van der Waals surface area (Å²) in [5.74, 6) is -0.262. The van der Waals surface area contributed by atoms with E-state index < -0.39 is 0 Å². The number of thioether (sulfide) groups is 1. The van der Waals surface area contributed by atoms with Crippen LogP contribution >= 0.6 is 11.8 Å². The molecule has 1 aliphatic heterocycles. The number of benzene rings is 2. The third kappa shape index (κ3) is 6.83. The first kappa shape index (κ1) is 22.8. The second kappa shape index (κ2) is 11.0. The van der Waals surface area contributed by atoms with Crippen LogP contribution in [0.25, 0.3) is 0 Å². The summed E-state index contributed by atoms with van der Waals surface area (Å²) in [4.78, 5) is 38.2. The number of hydrogen-bond donors (Lipinski definition) is 3. The van der Waals surface area contributed by atoms with Crippen LogP contribution in [0.5, 0.6) is 0 Å². The maximum Gasteiger partial charge on any atom is 0.234 e. The Balaban J connectivity index is 1.47. The highest BCUT2D eigenvalue weighted by molar-refractivity contribution is 8.00. The molecule has 3 rings (SSSR count). The maximum atomic E-state index is 12.4.